The first kappa shape index (κ1) is 21.1. The number of carbonyl (C=O) groups excluding carboxylic acids is 3. The molecule has 2 aromatic rings. The van der Waals surface area contributed by atoms with E-state index in [9.17, 15) is 14.4 Å². The van der Waals surface area contributed by atoms with Crippen LogP contribution in [0.15, 0.2) is 48.5 Å². The summed E-state index contributed by atoms with van der Waals surface area (Å²) in [5.41, 5.74) is 0.926. The van der Waals surface area contributed by atoms with E-state index in [1.165, 1.54) is 15.9 Å². The molecule has 1 aliphatic rings. The standard InChI is InChI=1S/C21H21Cl2N3O3/c1-25(13-19(27)24-15-6-3-2-4-7-15)21(29)18-8-5-11-26(18)20(28)16-12-14(22)9-10-17(16)23/h2-4,6-7,9-10,12,18H,5,8,11,13H2,1H3,(H,24,27). The molecule has 1 fully saturated rings. The van der Waals surface area contributed by atoms with Gasteiger partial charge in [0.15, 0.2) is 0 Å². The third-order valence-electron chi connectivity index (χ3n) is 4.77. The number of benzene rings is 2. The summed E-state index contributed by atoms with van der Waals surface area (Å²) in [6.45, 7) is 0.340. The maximum Gasteiger partial charge on any atom is 0.256 e. The number of hydrogen-bond acceptors (Lipinski definition) is 3. The fourth-order valence-electron chi connectivity index (χ4n) is 3.35. The van der Waals surface area contributed by atoms with Crippen molar-refractivity contribution in [2.75, 3.05) is 25.5 Å². The van der Waals surface area contributed by atoms with Gasteiger partial charge in [-0.1, -0.05) is 41.4 Å². The van der Waals surface area contributed by atoms with E-state index in [2.05, 4.69) is 5.32 Å². The molecule has 1 atom stereocenters. The minimum Gasteiger partial charge on any atom is -0.335 e. The quantitative estimate of drug-likeness (QED) is 0.781. The summed E-state index contributed by atoms with van der Waals surface area (Å²) in [7, 11) is 1.56. The summed E-state index contributed by atoms with van der Waals surface area (Å²) in [5, 5.41) is 3.43. The molecule has 3 amide bonds. The lowest BCUT2D eigenvalue weighted by molar-refractivity contribution is -0.136. The Labute approximate surface area is 179 Å². The summed E-state index contributed by atoms with van der Waals surface area (Å²) in [4.78, 5) is 41.0. The van der Waals surface area contributed by atoms with Gasteiger partial charge in [-0.25, -0.2) is 0 Å². The highest BCUT2D eigenvalue weighted by atomic mass is 35.5. The van der Waals surface area contributed by atoms with Crippen molar-refractivity contribution >= 4 is 46.6 Å². The average Bonchev–Trinajstić information content (AvgIpc) is 3.19. The number of likely N-dealkylation sites (tertiary alicyclic amines) is 1. The first-order valence-corrected chi connectivity index (χ1v) is 9.98. The first-order chi connectivity index (χ1) is 13.9. The summed E-state index contributed by atoms with van der Waals surface area (Å²) >= 11 is 12.1. The Morgan fingerprint density at radius 1 is 1.14 bits per heavy atom. The van der Waals surface area contributed by atoms with E-state index in [0.29, 0.717) is 30.1 Å². The maximum absolute atomic E-state index is 13.0. The lowest BCUT2D eigenvalue weighted by Crippen LogP contribution is -2.48. The number of halogens is 2. The van der Waals surface area contributed by atoms with Gasteiger partial charge in [-0.2, -0.15) is 0 Å². The van der Waals surface area contributed by atoms with Gasteiger partial charge >= 0.3 is 0 Å². The molecule has 0 spiro atoms. The van der Waals surface area contributed by atoms with Gasteiger partial charge in [0.05, 0.1) is 17.1 Å². The number of para-hydroxylation sites is 1. The zero-order valence-electron chi connectivity index (χ0n) is 15.9. The van der Waals surface area contributed by atoms with Crippen molar-refractivity contribution < 1.29 is 14.4 Å². The lowest BCUT2D eigenvalue weighted by Gasteiger charge is -2.28. The highest BCUT2D eigenvalue weighted by Crippen LogP contribution is 2.27. The molecule has 8 heteroatoms. The summed E-state index contributed by atoms with van der Waals surface area (Å²) in [5.74, 6) is -0.923. The number of likely N-dealkylation sites (N-methyl/N-ethyl adjacent to an activating group) is 1. The highest BCUT2D eigenvalue weighted by molar-refractivity contribution is 6.35. The smallest absolute Gasteiger partial charge is 0.256 e. The Bertz CT molecular complexity index is 921. The minimum absolute atomic E-state index is 0.107. The van der Waals surface area contributed by atoms with Crippen LogP contribution < -0.4 is 5.32 Å². The van der Waals surface area contributed by atoms with Crippen LogP contribution in [0.4, 0.5) is 5.69 Å². The van der Waals surface area contributed by atoms with Crippen LogP contribution in [-0.4, -0.2) is 53.7 Å². The topological polar surface area (TPSA) is 69.7 Å². The van der Waals surface area contributed by atoms with Crippen LogP contribution in [0.25, 0.3) is 0 Å². The van der Waals surface area contributed by atoms with Gasteiger partial charge in [0, 0.05) is 24.3 Å². The van der Waals surface area contributed by atoms with Gasteiger partial charge in [0.1, 0.15) is 6.04 Å². The van der Waals surface area contributed by atoms with Crippen molar-refractivity contribution in [1.29, 1.82) is 0 Å². The molecular weight excluding hydrogens is 413 g/mol. The van der Waals surface area contributed by atoms with Crippen molar-refractivity contribution in [2.24, 2.45) is 0 Å². The number of carbonyl (C=O) groups is 3. The molecule has 2 aromatic carbocycles. The average molecular weight is 434 g/mol. The first-order valence-electron chi connectivity index (χ1n) is 9.22. The fourth-order valence-corrected chi connectivity index (χ4v) is 3.72. The van der Waals surface area contributed by atoms with Crippen molar-refractivity contribution in [3.63, 3.8) is 0 Å². The van der Waals surface area contributed by atoms with Crippen LogP contribution in [-0.2, 0) is 9.59 Å². The fraction of sp³-hybridized carbons (Fsp3) is 0.286. The zero-order valence-corrected chi connectivity index (χ0v) is 17.4. The number of nitrogens with one attached hydrogen (secondary N) is 1. The van der Waals surface area contributed by atoms with Crippen molar-refractivity contribution in [3.05, 3.63) is 64.1 Å². The van der Waals surface area contributed by atoms with Crippen LogP contribution in [0.1, 0.15) is 23.2 Å². The molecule has 1 unspecified atom stereocenters. The molecule has 0 bridgehead atoms. The Morgan fingerprint density at radius 3 is 2.59 bits per heavy atom. The van der Waals surface area contributed by atoms with E-state index >= 15 is 0 Å². The molecule has 0 radical (unpaired) electrons. The van der Waals surface area contributed by atoms with E-state index < -0.39 is 6.04 Å². The molecule has 0 aromatic heterocycles. The lowest BCUT2D eigenvalue weighted by atomic mass is 10.1. The van der Waals surface area contributed by atoms with E-state index in [1.807, 2.05) is 18.2 Å². The number of rotatable bonds is 5. The zero-order chi connectivity index (χ0) is 21.0. The molecule has 0 aliphatic carbocycles. The largest absolute Gasteiger partial charge is 0.335 e. The SMILES string of the molecule is CN(CC(=O)Nc1ccccc1)C(=O)C1CCCN1C(=O)c1cc(Cl)ccc1Cl. The van der Waals surface area contributed by atoms with Crippen molar-refractivity contribution in [2.45, 2.75) is 18.9 Å². The molecule has 0 saturated carbocycles. The summed E-state index contributed by atoms with van der Waals surface area (Å²) in [6, 6.07) is 13.0. The van der Waals surface area contributed by atoms with Gasteiger partial charge in [-0.3, -0.25) is 14.4 Å². The van der Waals surface area contributed by atoms with E-state index in [1.54, 1.807) is 31.3 Å². The number of anilines is 1. The number of nitrogens with zero attached hydrogens (tertiary/aromatic N) is 2. The Balaban J connectivity index is 1.66. The molecule has 6 nitrogen and oxygen atoms in total. The van der Waals surface area contributed by atoms with E-state index in [4.69, 9.17) is 23.2 Å². The van der Waals surface area contributed by atoms with Gasteiger partial charge < -0.3 is 15.1 Å². The van der Waals surface area contributed by atoms with Gasteiger partial charge in [0.25, 0.3) is 5.91 Å². The Hall–Kier alpha value is -2.57. The minimum atomic E-state index is -0.632. The molecular formula is C21H21Cl2N3O3. The number of amides is 3. The second-order valence-corrected chi connectivity index (χ2v) is 7.73. The van der Waals surface area contributed by atoms with E-state index in [0.717, 1.165) is 0 Å². The monoisotopic (exact) mass is 433 g/mol. The second kappa shape index (κ2) is 9.29. The number of hydrogen-bond donors (Lipinski definition) is 1. The Kier molecular flexibility index (Phi) is 6.77. The predicted octanol–water partition coefficient (Wildman–Crippen LogP) is 3.70. The normalized spacial score (nSPS) is 15.8. The summed E-state index contributed by atoms with van der Waals surface area (Å²) in [6.07, 6.45) is 1.23. The molecule has 1 N–H and O–H groups in total. The van der Waals surface area contributed by atoms with Gasteiger partial charge in [-0.05, 0) is 43.2 Å². The van der Waals surface area contributed by atoms with Crippen LogP contribution in [0.2, 0.25) is 10.0 Å². The highest BCUT2D eigenvalue weighted by Gasteiger charge is 2.37. The van der Waals surface area contributed by atoms with Gasteiger partial charge in [0.2, 0.25) is 11.8 Å². The molecule has 1 heterocycles. The van der Waals surface area contributed by atoms with Crippen LogP contribution in [0, 0.1) is 0 Å². The summed E-state index contributed by atoms with van der Waals surface area (Å²) < 4.78 is 0. The Morgan fingerprint density at radius 2 is 1.86 bits per heavy atom. The van der Waals surface area contributed by atoms with Crippen LogP contribution in [0.3, 0.4) is 0 Å². The maximum atomic E-state index is 13.0. The third-order valence-corrected chi connectivity index (χ3v) is 5.34. The third kappa shape index (κ3) is 5.08. The molecule has 29 heavy (non-hydrogen) atoms. The van der Waals surface area contributed by atoms with Gasteiger partial charge in [-0.15, -0.1) is 0 Å². The predicted molar refractivity (Wildman–Crippen MR) is 113 cm³/mol. The molecule has 3 rings (SSSR count). The van der Waals surface area contributed by atoms with Crippen LogP contribution in [0.5, 0.6) is 0 Å². The molecule has 1 aliphatic heterocycles. The molecule has 1 saturated heterocycles. The van der Waals surface area contributed by atoms with E-state index in [-0.39, 0.29) is 34.9 Å². The van der Waals surface area contributed by atoms with Crippen LogP contribution >= 0.6 is 23.2 Å². The van der Waals surface area contributed by atoms with Crippen molar-refractivity contribution in [3.8, 4) is 0 Å². The second-order valence-electron chi connectivity index (χ2n) is 6.89. The van der Waals surface area contributed by atoms with Crippen molar-refractivity contribution in [1.82, 2.24) is 9.80 Å². The molecule has 152 valence electrons.